The number of carbonyl (C=O) groups excluding carboxylic acids is 1. The molecule has 0 bridgehead atoms. The summed E-state index contributed by atoms with van der Waals surface area (Å²) in [6, 6.07) is 11.8. The van der Waals surface area contributed by atoms with Gasteiger partial charge in [-0.05, 0) is 30.2 Å². The first kappa shape index (κ1) is 17.5. The largest absolute Gasteiger partial charge is 0.361 e. The van der Waals surface area contributed by atoms with Crippen molar-refractivity contribution in [2.24, 2.45) is 4.99 Å². The molecule has 26 heavy (non-hydrogen) atoms. The predicted octanol–water partition coefficient (Wildman–Crippen LogP) is 1.91. The number of anilines is 1. The van der Waals surface area contributed by atoms with Gasteiger partial charge in [0, 0.05) is 36.9 Å². The maximum Gasteiger partial charge on any atom is 0.243 e. The number of hydrogen-bond acceptors (Lipinski definition) is 3. The number of para-hydroxylation sites is 1. The first-order valence-electron chi connectivity index (χ1n) is 8.45. The molecule has 7 nitrogen and oxygen atoms in total. The number of hydrogen-bond donors (Lipinski definition) is 4. The Morgan fingerprint density at radius 2 is 2.08 bits per heavy atom. The van der Waals surface area contributed by atoms with Crippen LogP contribution in [0.2, 0.25) is 0 Å². The summed E-state index contributed by atoms with van der Waals surface area (Å²) in [6.07, 6.45) is 6.15. The van der Waals surface area contributed by atoms with Gasteiger partial charge < -0.3 is 20.9 Å². The van der Waals surface area contributed by atoms with Crippen LogP contribution in [0.4, 0.5) is 5.69 Å². The van der Waals surface area contributed by atoms with Gasteiger partial charge in [-0.2, -0.15) is 0 Å². The average molecular weight is 350 g/mol. The standard InChI is InChI=1S/C19H22N6O/c1-20-19(24-13-18(26)25-15-5-4-9-21-12-15)22-10-8-14-11-23-17-7-3-2-6-16(14)17/h2-7,9,11-12,23H,8,10,13H2,1H3,(H,25,26)(H2,20,22,24). The van der Waals surface area contributed by atoms with Gasteiger partial charge in [-0.1, -0.05) is 18.2 Å². The predicted molar refractivity (Wildman–Crippen MR) is 104 cm³/mol. The second-order valence-electron chi connectivity index (χ2n) is 5.75. The van der Waals surface area contributed by atoms with E-state index in [1.165, 1.54) is 10.9 Å². The van der Waals surface area contributed by atoms with Gasteiger partial charge in [-0.15, -0.1) is 0 Å². The van der Waals surface area contributed by atoms with Crippen LogP contribution >= 0.6 is 0 Å². The Labute approximate surface area is 151 Å². The molecule has 0 atom stereocenters. The SMILES string of the molecule is CN=C(NCCc1c[nH]c2ccccc12)NCC(=O)Nc1cccnc1. The van der Waals surface area contributed by atoms with E-state index in [9.17, 15) is 4.79 Å². The van der Waals surface area contributed by atoms with E-state index in [0.29, 0.717) is 18.2 Å². The van der Waals surface area contributed by atoms with E-state index in [-0.39, 0.29) is 12.5 Å². The van der Waals surface area contributed by atoms with E-state index >= 15 is 0 Å². The van der Waals surface area contributed by atoms with Crippen molar-refractivity contribution in [2.75, 3.05) is 25.5 Å². The van der Waals surface area contributed by atoms with Gasteiger partial charge in [0.15, 0.2) is 5.96 Å². The van der Waals surface area contributed by atoms with Crippen LogP contribution in [0.1, 0.15) is 5.56 Å². The van der Waals surface area contributed by atoms with Gasteiger partial charge in [0.05, 0.1) is 18.4 Å². The lowest BCUT2D eigenvalue weighted by Gasteiger charge is -2.11. The summed E-state index contributed by atoms with van der Waals surface area (Å²) < 4.78 is 0. The molecule has 0 saturated carbocycles. The van der Waals surface area contributed by atoms with Gasteiger partial charge in [-0.25, -0.2) is 0 Å². The highest BCUT2D eigenvalue weighted by Crippen LogP contribution is 2.17. The molecule has 0 unspecified atom stereocenters. The number of fused-ring (bicyclic) bond motifs is 1. The van der Waals surface area contributed by atoms with Crippen molar-refractivity contribution in [1.82, 2.24) is 20.6 Å². The molecule has 3 aromatic rings. The van der Waals surface area contributed by atoms with Crippen LogP contribution in [0.15, 0.2) is 60.0 Å². The van der Waals surface area contributed by atoms with Crippen LogP contribution in [-0.4, -0.2) is 42.0 Å². The van der Waals surface area contributed by atoms with Crippen molar-refractivity contribution >= 4 is 28.5 Å². The van der Waals surface area contributed by atoms with Crippen molar-refractivity contribution < 1.29 is 4.79 Å². The van der Waals surface area contributed by atoms with Crippen LogP contribution in [0.5, 0.6) is 0 Å². The minimum Gasteiger partial charge on any atom is -0.361 e. The Balaban J connectivity index is 1.44. The number of aromatic amines is 1. The molecule has 4 N–H and O–H groups in total. The zero-order chi connectivity index (χ0) is 18.2. The molecule has 3 rings (SSSR count). The van der Waals surface area contributed by atoms with E-state index in [1.807, 2.05) is 18.3 Å². The molecular formula is C19H22N6O. The summed E-state index contributed by atoms with van der Waals surface area (Å²) >= 11 is 0. The summed E-state index contributed by atoms with van der Waals surface area (Å²) in [5.41, 5.74) is 3.05. The number of amides is 1. The minimum absolute atomic E-state index is 0.127. The smallest absolute Gasteiger partial charge is 0.243 e. The Hall–Kier alpha value is -3.35. The van der Waals surface area contributed by atoms with Crippen LogP contribution in [-0.2, 0) is 11.2 Å². The van der Waals surface area contributed by atoms with Gasteiger partial charge >= 0.3 is 0 Å². The van der Waals surface area contributed by atoms with Gasteiger partial charge in [0.2, 0.25) is 5.91 Å². The number of benzene rings is 1. The number of carbonyl (C=O) groups is 1. The third kappa shape index (κ3) is 4.60. The lowest BCUT2D eigenvalue weighted by molar-refractivity contribution is -0.115. The number of rotatable bonds is 6. The molecule has 2 aromatic heterocycles. The number of guanidine groups is 1. The summed E-state index contributed by atoms with van der Waals surface area (Å²) in [7, 11) is 1.68. The van der Waals surface area contributed by atoms with E-state index < -0.39 is 0 Å². The fraction of sp³-hybridized carbons (Fsp3) is 0.211. The Bertz CT molecular complexity index is 887. The molecule has 2 heterocycles. The van der Waals surface area contributed by atoms with Crippen LogP contribution in [0.3, 0.4) is 0 Å². The zero-order valence-electron chi connectivity index (χ0n) is 14.6. The number of pyridine rings is 1. The van der Waals surface area contributed by atoms with Crippen molar-refractivity contribution in [3.8, 4) is 0 Å². The fourth-order valence-corrected chi connectivity index (χ4v) is 2.68. The lowest BCUT2D eigenvalue weighted by Crippen LogP contribution is -2.42. The monoisotopic (exact) mass is 350 g/mol. The number of aliphatic imine (C=N–C) groups is 1. The molecule has 0 aliphatic rings. The third-order valence-electron chi connectivity index (χ3n) is 3.95. The summed E-state index contributed by atoms with van der Waals surface area (Å²) in [5, 5.41) is 10.2. The molecule has 1 aromatic carbocycles. The molecule has 1 amide bonds. The molecule has 7 heteroatoms. The maximum atomic E-state index is 12.0. The molecule has 0 saturated heterocycles. The number of nitrogens with one attached hydrogen (secondary N) is 4. The third-order valence-corrected chi connectivity index (χ3v) is 3.95. The van der Waals surface area contributed by atoms with E-state index in [0.717, 1.165) is 11.9 Å². The van der Waals surface area contributed by atoms with Crippen molar-refractivity contribution in [2.45, 2.75) is 6.42 Å². The summed E-state index contributed by atoms with van der Waals surface area (Å²) in [4.78, 5) is 23.3. The van der Waals surface area contributed by atoms with E-state index in [1.54, 1.807) is 31.6 Å². The summed E-state index contributed by atoms with van der Waals surface area (Å²) in [5.74, 6) is 0.434. The molecular weight excluding hydrogens is 328 g/mol. The van der Waals surface area contributed by atoms with Gasteiger partial charge in [0.25, 0.3) is 0 Å². The molecule has 134 valence electrons. The molecule has 0 aliphatic heterocycles. The van der Waals surface area contributed by atoms with Crippen LogP contribution < -0.4 is 16.0 Å². The second-order valence-corrected chi connectivity index (χ2v) is 5.75. The highest BCUT2D eigenvalue weighted by atomic mass is 16.1. The van der Waals surface area contributed by atoms with Gasteiger partial charge in [0.1, 0.15) is 0 Å². The highest BCUT2D eigenvalue weighted by Gasteiger charge is 2.06. The van der Waals surface area contributed by atoms with Crippen molar-refractivity contribution in [1.29, 1.82) is 0 Å². The highest BCUT2D eigenvalue weighted by molar-refractivity contribution is 5.94. The zero-order valence-corrected chi connectivity index (χ0v) is 14.6. The number of nitrogens with zero attached hydrogens (tertiary/aromatic N) is 2. The number of H-pyrrole nitrogens is 1. The summed E-state index contributed by atoms with van der Waals surface area (Å²) in [6.45, 7) is 0.841. The Morgan fingerprint density at radius 1 is 1.19 bits per heavy atom. The minimum atomic E-state index is -0.155. The van der Waals surface area contributed by atoms with E-state index in [2.05, 4.69) is 43.0 Å². The molecule has 0 spiro atoms. The van der Waals surface area contributed by atoms with Crippen LogP contribution in [0, 0.1) is 0 Å². The molecule has 0 fully saturated rings. The molecule has 0 aliphatic carbocycles. The van der Waals surface area contributed by atoms with Crippen molar-refractivity contribution in [3.63, 3.8) is 0 Å². The fourth-order valence-electron chi connectivity index (χ4n) is 2.68. The maximum absolute atomic E-state index is 12.0. The normalized spacial score (nSPS) is 11.3. The van der Waals surface area contributed by atoms with E-state index in [4.69, 9.17) is 0 Å². The Kier molecular flexibility index (Phi) is 5.82. The first-order valence-corrected chi connectivity index (χ1v) is 8.45. The number of aromatic nitrogens is 2. The van der Waals surface area contributed by atoms with Gasteiger partial charge in [-0.3, -0.25) is 14.8 Å². The quantitative estimate of drug-likeness (QED) is 0.403. The first-order chi connectivity index (χ1) is 12.8. The van der Waals surface area contributed by atoms with Crippen molar-refractivity contribution in [3.05, 3.63) is 60.6 Å². The lowest BCUT2D eigenvalue weighted by atomic mass is 10.1. The van der Waals surface area contributed by atoms with Crippen LogP contribution in [0.25, 0.3) is 10.9 Å². The molecule has 0 radical (unpaired) electrons. The second kappa shape index (κ2) is 8.66. The average Bonchev–Trinajstić information content (AvgIpc) is 3.08. The Morgan fingerprint density at radius 3 is 2.88 bits per heavy atom. The topological polar surface area (TPSA) is 94.2 Å².